The van der Waals surface area contributed by atoms with Gasteiger partial charge < -0.3 is 15.0 Å². The second kappa shape index (κ2) is 15.8. The van der Waals surface area contributed by atoms with Crippen LogP contribution in [0.3, 0.4) is 0 Å². The van der Waals surface area contributed by atoms with Crippen LogP contribution in [0.1, 0.15) is 43.4 Å². The minimum Gasteiger partial charge on any atom is -0.497 e. The van der Waals surface area contributed by atoms with Gasteiger partial charge in [0.15, 0.2) is 0 Å². The largest absolute Gasteiger partial charge is 0.497 e. The van der Waals surface area contributed by atoms with E-state index in [4.69, 9.17) is 16.3 Å². The van der Waals surface area contributed by atoms with E-state index in [0.717, 1.165) is 17.4 Å². The summed E-state index contributed by atoms with van der Waals surface area (Å²) < 4.78 is 32.2. The van der Waals surface area contributed by atoms with Crippen LogP contribution in [0.5, 0.6) is 5.75 Å². The number of halogens is 1. The molecular formula is C33H42ClN3O5S. The Kier molecular flexibility index (Phi) is 12.5. The van der Waals surface area contributed by atoms with Crippen LogP contribution in [-0.2, 0) is 32.6 Å². The number of ether oxygens (including phenoxy) is 1. The summed E-state index contributed by atoms with van der Waals surface area (Å²) >= 11 is 6.28. The van der Waals surface area contributed by atoms with Gasteiger partial charge in [-0.1, -0.05) is 74.0 Å². The molecular weight excluding hydrogens is 586 g/mol. The second-order valence-electron chi connectivity index (χ2n) is 11.0. The molecule has 0 fully saturated rings. The lowest BCUT2D eigenvalue weighted by Crippen LogP contribution is -2.51. The molecule has 0 aliphatic rings. The zero-order chi connectivity index (χ0) is 31.6. The van der Waals surface area contributed by atoms with Gasteiger partial charge in [-0.2, -0.15) is 0 Å². The summed E-state index contributed by atoms with van der Waals surface area (Å²) in [7, 11) is -2.07. The third kappa shape index (κ3) is 10.0. The van der Waals surface area contributed by atoms with Crippen molar-refractivity contribution in [3.05, 3.63) is 94.5 Å². The molecule has 0 aromatic heterocycles. The molecule has 1 N–H and O–H groups in total. The molecule has 0 spiro atoms. The molecule has 3 aromatic carbocycles. The highest BCUT2D eigenvalue weighted by Crippen LogP contribution is 2.29. The van der Waals surface area contributed by atoms with Crippen LogP contribution in [0.25, 0.3) is 0 Å². The number of nitrogens with one attached hydrogen (secondary N) is 1. The van der Waals surface area contributed by atoms with Crippen molar-refractivity contribution in [3.63, 3.8) is 0 Å². The molecule has 0 bridgehead atoms. The highest BCUT2D eigenvalue weighted by molar-refractivity contribution is 7.92. The highest BCUT2D eigenvalue weighted by atomic mass is 35.5. The number of carbonyl (C=O) groups is 2. The van der Waals surface area contributed by atoms with Gasteiger partial charge in [-0.15, -0.1) is 0 Å². The molecule has 0 aliphatic heterocycles. The third-order valence-electron chi connectivity index (χ3n) is 7.10. The average molecular weight is 628 g/mol. The van der Waals surface area contributed by atoms with Crippen molar-refractivity contribution in [1.82, 2.24) is 10.2 Å². The number of rotatable bonds is 15. The fourth-order valence-corrected chi connectivity index (χ4v) is 5.98. The van der Waals surface area contributed by atoms with Crippen LogP contribution in [0, 0.1) is 12.8 Å². The number of anilines is 1. The van der Waals surface area contributed by atoms with Crippen molar-refractivity contribution in [2.75, 3.05) is 30.8 Å². The fourth-order valence-electron chi connectivity index (χ4n) is 4.79. The SMILES string of the molecule is COc1cccc(CN(C(=O)CCCN(c2cccc(Cl)c2C)S(C)(=O)=O)[C@H](Cc2ccccc2)C(=O)NCC(C)C)c1. The fraction of sp³-hybridized carbons (Fsp3) is 0.394. The molecule has 0 unspecified atom stereocenters. The smallest absolute Gasteiger partial charge is 0.243 e. The molecule has 0 saturated heterocycles. The van der Waals surface area contributed by atoms with Gasteiger partial charge in [0.1, 0.15) is 11.8 Å². The first-order chi connectivity index (χ1) is 20.4. The third-order valence-corrected chi connectivity index (χ3v) is 8.69. The normalized spacial score (nSPS) is 12.1. The van der Waals surface area contributed by atoms with E-state index in [1.165, 1.54) is 4.31 Å². The number of nitrogens with zero attached hydrogens (tertiary/aromatic N) is 2. The molecule has 0 radical (unpaired) electrons. The van der Waals surface area contributed by atoms with Crippen molar-refractivity contribution in [2.24, 2.45) is 5.92 Å². The number of sulfonamides is 1. The summed E-state index contributed by atoms with van der Waals surface area (Å²) in [4.78, 5) is 29.2. The van der Waals surface area contributed by atoms with E-state index in [2.05, 4.69) is 5.32 Å². The Hall–Kier alpha value is -3.56. The average Bonchev–Trinajstić information content (AvgIpc) is 2.97. The van der Waals surface area contributed by atoms with E-state index >= 15 is 0 Å². The van der Waals surface area contributed by atoms with E-state index < -0.39 is 16.1 Å². The summed E-state index contributed by atoms with van der Waals surface area (Å²) in [6.45, 7) is 6.55. The maximum absolute atomic E-state index is 14.0. The Morgan fingerprint density at radius 1 is 0.977 bits per heavy atom. The first-order valence-corrected chi connectivity index (χ1v) is 16.6. The zero-order valence-corrected chi connectivity index (χ0v) is 27.1. The molecule has 10 heteroatoms. The molecule has 232 valence electrons. The van der Waals surface area contributed by atoms with Gasteiger partial charge >= 0.3 is 0 Å². The van der Waals surface area contributed by atoms with Gasteiger partial charge in [-0.05, 0) is 60.2 Å². The monoisotopic (exact) mass is 627 g/mol. The number of carbonyl (C=O) groups excluding carboxylic acids is 2. The minimum absolute atomic E-state index is 0.0400. The molecule has 8 nitrogen and oxygen atoms in total. The van der Waals surface area contributed by atoms with Crippen molar-refractivity contribution in [1.29, 1.82) is 0 Å². The maximum Gasteiger partial charge on any atom is 0.243 e. The number of hydrogen-bond acceptors (Lipinski definition) is 5. The molecule has 3 aromatic rings. The molecule has 0 saturated carbocycles. The van der Waals surface area contributed by atoms with E-state index in [1.807, 2.05) is 68.4 Å². The van der Waals surface area contributed by atoms with E-state index in [-0.39, 0.29) is 43.7 Å². The van der Waals surface area contributed by atoms with Crippen LogP contribution in [0.2, 0.25) is 5.02 Å². The lowest BCUT2D eigenvalue weighted by atomic mass is 10.0. The first-order valence-electron chi connectivity index (χ1n) is 14.4. The molecule has 3 rings (SSSR count). The number of hydrogen-bond donors (Lipinski definition) is 1. The quantitative estimate of drug-likeness (QED) is 0.236. The zero-order valence-electron chi connectivity index (χ0n) is 25.5. The van der Waals surface area contributed by atoms with Crippen molar-refractivity contribution >= 4 is 39.1 Å². The maximum atomic E-state index is 14.0. The van der Waals surface area contributed by atoms with Crippen molar-refractivity contribution in [3.8, 4) is 5.75 Å². The molecule has 2 amide bonds. The second-order valence-corrected chi connectivity index (χ2v) is 13.4. The van der Waals surface area contributed by atoms with Crippen LogP contribution >= 0.6 is 11.6 Å². The molecule has 43 heavy (non-hydrogen) atoms. The Morgan fingerprint density at radius 3 is 2.30 bits per heavy atom. The summed E-state index contributed by atoms with van der Waals surface area (Å²) in [5.41, 5.74) is 2.86. The van der Waals surface area contributed by atoms with Crippen LogP contribution < -0.4 is 14.4 Å². The van der Waals surface area contributed by atoms with Gasteiger partial charge in [0.25, 0.3) is 0 Å². The predicted molar refractivity (Wildman–Crippen MR) is 173 cm³/mol. The van der Waals surface area contributed by atoms with E-state index in [0.29, 0.717) is 35.0 Å². The summed E-state index contributed by atoms with van der Waals surface area (Å²) in [5.74, 6) is 0.399. The minimum atomic E-state index is -3.65. The van der Waals surface area contributed by atoms with Crippen LogP contribution in [0.15, 0.2) is 72.8 Å². The summed E-state index contributed by atoms with van der Waals surface area (Å²) in [5, 5.41) is 3.48. The van der Waals surface area contributed by atoms with Gasteiger partial charge in [0, 0.05) is 37.5 Å². The number of amides is 2. The molecule has 0 heterocycles. The summed E-state index contributed by atoms with van der Waals surface area (Å²) in [6.07, 6.45) is 1.76. The highest BCUT2D eigenvalue weighted by Gasteiger charge is 2.31. The van der Waals surface area contributed by atoms with Crippen LogP contribution in [-0.4, -0.2) is 57.6 Å². The number of benzene rings is 3. The Bertz CT molecular complexity index is 1480. The van der Waals surface area contributed by atoms with Crippen molar-refractivity contribution < 1.29 is 22.7 Å². The van der Waals surface area contributed by atoms with Crippen molar-refractivity contribution in [2.45, 2.75) is 52.6 Å². The topological polar surface area (TPSA) is 96.0 Å². The van der Waals surface area contributed by atoms with Crippen LogP contribution in [0.4, 0.5) is 5.69 Å². The number of methoxy groups -OCH3 is 1. The van der Waals surface area contributed by atoms with E-state index in [9.17, 15) is 18.0 Å². The molecule has 0 aliphatic carbocycles. The molecule has 1 atom stereocenters. The summed E-state index contributed by atoms with van der Waals surface area (Å²) in [6, 6.07) is 21.3. The predicted octanol–water partition coefficient (Wildman–Crippen LogP) is 5.62. The first kappa shape index (κ1) is 33.9. The standard InChI is InChI=1S/C33H42ClN3O5S/c1-24(2)22-35-33(39)31(21-26-12-7-6-8-13-26)36(23-27-14-9-15-28(20-27)42-4)32(38)18-11-19-37(43(5,40)41)30-17-10-16-29(34)25(30)3/h6-10,12-17,20,24,31H,11,18-19,21-23H2,1-5H3,(H,35,39)/t31-/m1/s1. The Balaban J connectivity index is 1.92. The van der Waals surface area contributed by atoms with E-state index in [1.54, 1.807) is 37.1 Å². The lowest BCUT2D eigenvalue weighted by molar-refractivity contribution is -0.141. The van der Waals surface area contributed by atoms with Gasteiger partial charge in [0.05, 0.1) is 19.1 Å². The Labute approximate surface area is 261 Å². The lowest BCUT2D eigenvalue weighted by Gasteiger charge is -2.32. The van der Waals surface area contributed by atoms with Gasteiger partial charge in [-0.3, -0.25) is 13.9 Å². The van der Waals surface area contributed by atoms with Gasteiger partial charge in [-0.25, -0.2) is 8.42 Å². The van der Waals surface area contributed by atoms with Gasteiger partial charge in [0.2, 0.25) is 21.8 Å². The Morgan fingerprint density at radius 2 is 1.65 bits per heavy atom.